The zero-order valence-electron chi connectivity index (χ0n) is 12.6. The Bertz CT molecular complexity index is 681. The van der Waals surface area contributed by atoms with Gasteiger partial charge in [-0.2, -0.15) is 0 Å². The Morgan fingerprint density at radius 3 is 2.27 bits per heavy atom. The summed E-state index contributed by atoms with van der Waals surface area (Å²) in [4.78, 5) is 24.0. The van der Waals surface area contributed by atoms with Crippen LogP contribution in [0.2, 0.25) is 0 Å². The lowest BCUT2D eigenvalue weighted by Gasteiger charge is -2.18. The number of carbonyl (C=O) groups excluding carboxylic acids is 2. The summed E-state index contributed by atoms with van der Waals surface area (Å²) in [5.74, 6) is -0.350. The van der Waals surface area contributed by atoms with Crippen molar-refractivity contribution in [3.63, 3.8) is 0 Å². The molecule has 0 amide bonds. The summed E-state index contributed by atoms with van der Waals surface area (Å²) >= 11 is 0. The second kappa shape index (κ2) is 6.57. The summed E-state index contributed by atoms with van der Waals surface area (Å²) in [6.07, 6.45) is 1.28. The van der Waals surface area contributed by atoms with E-state index in [1.54, 1.807) is 20.8 Å². The van der Waals surface area contributed by atoms with Gasteiger partial charge >= 0.3 is 7.82 Å². The first-order valence-electron chi connectivity index (χ1n) is 6.90. The molecule has 0 heterocycles. The number of rotatable bonds is 6. The van der Waals surface area contributed by atoms with Crippen molar-refractivity contribution in [2.45, 2.75) is 20.8 Å². The monoisotopic (exact) mass is 324 g/mol. The molecule has 1 aromatic carbocycles. The van der Waals surface area contributed by atoms with Crippen LogP contribution in [0.3, 0.4) is 0 Å². The highest BCUT2D eigenvalue weighted by Gasteiger charge is 2.29. The van der Waals surface area contributed by atoms with Gasteiger partial charge in [0, 0.05) is 16.7 Å². The second-order valence-corrected chi connectivity index (χ2v) is 6.20. The Morgan fingerprint density at radius 1 is 1.05 bits per heavy atom. The van der Waals surface area contributed by atoms with Crippen LogP contribution < -0.4 is 4.52 Å². The molecule has 1 aromatic rings. The molecular formula is C15H17O6P. The maximum atomic E-state index is 12.3. The molecule has 0 saturated carbocycles. The van der Waals surface area contributed by atoms with Gasteiger partial charge in [0.15, 0.2) is 11.6 Å². The smallest absolute Gasteiger partial charge is 0.404 e. The highest BCUT2D eigenvalue weighted by Crippen LogP contribution is 2.49. The fourth-order valence-corrected chi connectivity index (χ4v) is 3.25. The van der Waals surface area contributed by atoms with Crippen LogP contribution in [0.15, 0.2) is 29.8 Å². The van der Waals surface area contributed by atoms with Gasteiger partial charge in [0.2, 0.25) is 0 Å². The number of ketones is 2. The van der Waals surface area contributed by atoms with Crippen LogP contribution >= 0.6 is 7.82 Å². The van der Waals surface area contributed by atoms with Gasteiger partial charge in [-0.25, -0.2) is 4.57 Å². The highest BCUT2D eigenvalue weighted by molar-refractivity contribution is 7.48. The van der Waals surface area contributed by atoms with Gasteiger partial charge < -0.3 is 4.52 Å². The van der Waals surface area contributed by atoms with Gasteiger partial charge in [-0.15, -0.1) is 0 Å². The van der Waals surface area contributed by atoms with Crippen molar-refractivity contribution in [3.8, 4) is 5.75 Å². The molecule has 1 aliphatic carbocycles. The van der Waals surface area contributed by atoms with E-state index < -0.39 is 7.82 Å². The fraction of sp³-hybridized carbons (Fsp3) is 0.333. The molecule has 6 nitrogen and oxygen atoms in total. The Balaban J connectivity index is 2.34. The number of allylic oxidation sites excluding steroid dienone is 2. The van der Waals surface area contributed by atoms with Crippen LogP contribution in [0.1, 0.15) is 41.5 Å². The minimum atomic E-state index is -3.74. The number of hydrogen-bond acceptors (Lipinski definition) is 6. The van der Waals surface area contributed by atoms with Gasteiger partial charge in [-0.1, -0.05) is 0 Å². The van der Waals surface area contributed by atoms with E-state index in [1.165, 1.54) is 24.3 Å². The minimum absolute atomic E-state index is 0.151. The van der Waals surface area contributed by atoms with Gasteiger partial charge in [-0.3, -0.25) is 18.6 Å². The normalized spacial score (nSPS) is 14.6. The molecule has 0 atom stereocenters. The van der Waals surface area contributed by atoms with E-state index >= 15 is 0 Å². The first kappa shape index (κ1) is 16.6. The molecular weight excluding hydrogens is 307 g/mol. The molecule has 0 bridgehead atoms. The maximum Gasteiger partial charge on any atom is 0.530 e. The molecule has 1 aliphatic rings. The van der Waals surface area contributed by atoms with Crippen LogP contribution in [0, 0.1) is 0 Å². The van der Waals surface area contributed by atoms with Gasteiger partial charge in [0.25, 0.3) is 0 Å². The lowest BCUT2D eigenvalue weighted by atomic mass is 9.90. The van der Waals surface area contributed by atoms with Crippen molar-refractivity contribution in [1.29, 1.82) is 0 Å². The predicted octanol–water partition coefficient (Wildman–Crippen LogP) is 3.57. The standard InChI is InChI=1S/C15H17O6P/c1-4-19-22(18,20-5-2)21-11-6-7-12-13(9-11)14(16)8-10(3)15(12)17/h6-9H,4-5H2,1-3H3. The van der Waals surface area contributed by atoms with Gasteiger partial charge in [-0.05, 0) is 45.0 Å². The van der Waals surface area contributed by atoms with E-state index in [4.69, 9.17) is 13.6 Å². The average molecular weight is 324 g/mol. The van der Waals surface area contributed by atoms with Crippen LogP contribution in [0.4, 0.5) is 0 Å². The number of Topliss-reactive ketones (excluding diaryl/α,β-unsaturated/α-hetero) is 1. The second-order valence-electron chi connectivity index (χ2n) is 4.60. The lowest BCUT2D eigenvalue weighted by molar-refractivity contribution is 0.0984. The van der Waals surface area contributed by atoms with Crippen molar-refractivity contribution < 1.29 is 27.7 Å². The Labute approximate surface area is 128 Å². The van der Waals surface area contributed by atoms with E-state index in [2.05, 4.69) is 0 Å². The molecule has 22 heavy (non-hydrogen) atoms. The zero-order valence-corrected chi connectivity index (χ0v) is 13.5. The van der Waals surface area contributed by atoms with Crippen molar-refractivity contribution >= 4 is 19.4 Å². The molecule has 7 heteroatoms. The predicted molar refractivity (Wildman–Crippen MR) is 80.3 cm³/mol. The van der Waals surface area contributed by atoms with Crippen LogP contribution in [0.25, 0.3) is 0 Å². The molecule has 0 unspecified atom stereocenters. The third-order valence-electron chi connectivity index (χ3n) is 3.00. The summed E-state index contributed by atoms with van der Waals surface area (Å²) in [5.41, 5.74) is 0.910. The van der Waals surface area contributed by atoms with E-state index in [-0.39, 0.29) is 36.1 Å². The van der Waals surface area contributed by atoms with Gasteiger partial charge in [0.1, 0.15) is 5.75 Å². The number of fused-ring (bicyclic) bond motifs is 1. The third kappa shape index (κ3) is 3.35. The van der Waals surface area contributed by atoms with Gasteiger partial charge in [0.05, 0.1) is 13.2 Å². The molecule has 0 radical (unpaired) electrons. The molecule has 118 valence electrons. The molecule has 0 N–H and O–H groups in total. The van der Waals surface area contributed by atoms with Crippen LogP contribution in [0.5, 0.6) is 5.75 Å². The third-order valence-corrected chi connectivity index (χ3v) is 4.58. The topological polar surface area (TPSA) is 78.9 Å². The summed E-state index contributed by atoms with van der Waals surface area (Å²) in [6.45, 7) is 5.23. The fourth-order valence-electron chi connectivity index (χ4n) is 2.07. The van der Waals surface area contributed by atoms with E-state index in [1.807, 2.05) is 0 Å². The number of benzene rings is 1. The molecule has 0 fully saturated rings. The summed E-state index contributed by atoms with van der Waals surface area (Å²) in [5, 5.41) is 0. The Hall–Kier alpha value is -1.75. The molecule has 0 saturated heterocycles. The zero-order chi connectivity index (χ0) is 16.3. The highest BCUT2D eigenvalue weighted by atomic mass is 31.2. The number of carbonyl (C=O) groups is 2. The largest absolute Gasteiger partial charge is 0.530 e. The Kier molecular flexibility index (Phi) is 4.96. The van der Waals surface area contributed by atoms with E-state index in [9.17, 15) is 14.2 Å². The van der Waals surface area contributed by atoms with Crippen LogP contribution in [-0.4, -0.2) is 24.8 Å². The molecule has 0 aromatic heterocycles. The number of phosphoric ester groups is 1. The van der Waals surface area contributed by atoms with Crippen molar-refractivity contribution in [2.24, 2.45) is 0 Å². The SMILES string of the molecule is CCOP(=O)(OCC)Oc1ccc2c(c1)C(=O)C=C(C)C2=O. The van der Waals surface area contributed by atoms with Crippen molar-refractivity contribution in [3.05, 3.63) is 41.0 Å². The Morgan fingerprint density at radius 2 is 1.68 bits per heavy atom. The lowest BCUT2D eigenvalue weighted by Crippen LogP contribution is -2.15. The van der Waals surface area contributed by atoms with Crippen LogP contribution in [-0.2, 0) is 13.6 Å². The number of hydrogen-bond donors (Lipinski definition) is 0. The first-order chi connectivity index (χ1) is 10.4. The average Bonchev–Trinajstić information content (AvgIpc) is 2.45. The number of phosphoric acid groups is 1. The van der Waals surface area contributed by atoms with E-state index in [0.717, 1.165) is 0 Å². The molecule has 0 aliphatic heterocycles. The first-order valence-corrected chi connectivity index (χ1v) is 8.36. The minimum Gasteiger partial charge on any atom is -0.404 e. The summed E-state index contributed by atoms with van der Waals surface area (Å²) in [7, 11) is -3.74. The molecule has 0 spiro atoms. The quantitative estimate of drug-likeness (QED) is 0.744. The maximum absolute atomic E-state index is 12.3. The summed E-state index contributed by atoms with van der Waals surface area (Å²) in [6, 6.07) is 4.32. The van der Waals surface area contributed by atoms with Crippen molar-refractivity contribution in [1.82, 2.24) is 0 Å². The molecule has 2 rings (SSSR count). The van der Waals surface area contributed by atoms with Crippen molar-refractivity contribution in [2.75, 3.05) is 13.2 Å². The van der Waals surface area contributed by atoms with E-state index in [0.29, 0.717) is 11.1 Å². The summed E-state index contributed by atoms with van der Waals surface area (Å²) < 4.78 is 27.7.